The van der Waals surface area contributed by atoms with Crippen LogP contribution in [0.15, 0.2) is 53.4 Å². The molecule has 0 aliphatic carbocycles. The van der Waals surface area contributed by atoms with Crippen LogP contribution in [0.1, 0.15) is 43.0 Å². The number of unbranched alkanes of at least 4 members (excludes halogenated alkanes) is 1. The van der Waals surface area contributed by atoms with Crippen LogP contribution in [0.2, 0.25) is 0 Å². The van der Waals surface area contributed by atoms with Gasteiger partial charge < -0.3 is 10.2 Å². The summed E-state index contributed by atoms with van der Waals surface area (Å²) in [6.45, 7) is 6.20. The molecule has 1 saturated heterocycles. The molecule has 0 aromatic heterocycles. The molecule has 0 bridgehead atoms. The second kappa shape index (κ2) is 10.7. The molecule has 0 atom stereocenters. The molecule has 1 aliphatic rings. The molecule has 168 valence electrons. The molecule has 0 spiro atoms. The Morgan fingerprint density at radius 2 is 1.81 bits per heavy atom. The maximum absolute atomic E-state index is 13.0. The summed E-state index contributed by atoms with van der Waals surface area (Å²) in [7, 11) is -3.89. The minimum Gasteiger partial charge on any atom is -0.352 e. The van der Waals surface area contributed by atoms with E-state index in [0.717, 1.165) is 38.4 Å². The molecule has 1 heterocycles. The smallest absolute Gasteiger partial charge is 0.261 e. The number of carbonyl (C=O) groups excluding carboxylic acids is 1. The lowest BCUT2D eigenvalue weighted by atomic mass is 9.99. The SMILES string of the molecule is CC1CCN(CCCCNC(=O)c2cccc(S(=O)(=O)Nc3ccc(F)cc3)c2)CC1. The number of nitrogens with one attached hydrogen (secondary N) is 2. The first-order valence-corrected chi connectivity index (χ1v) is 12.2. The molecule has 6 nitrogen and oxygen atoms in total. The topological polar surface area (TPSA) is 78.5 Å². The van der Waals surface area contributed by atoms with E-state index in [9.17, 15) is 17.6 Å². The molecule has 31 heavy (non-hydrogen) atoms. The van der Waals surface area contributed by atoms with Gasteiger partial charge in [0.05, 0.1) is 4.90 Å². The van der Waals surface area contributed by atoms with Gasteiger partial charge in [-0.15, -0.1) is 0 Å². The van der Waals surface area contributed by atoms with Gasteiger partial charge in [-0.25, -0.2) is 12.8 Å². The van der Waals surface area contributed by atoms with Gasteiger partial charge in [-0.2, -0.15) is 0 Å². The number of likely N-dealkylation sites (tertiary alicyclic amines) is 1. The van der Waals surface area contributed by atoms with E-state index in [1.807, 2.05) is 0 Å². The van der Waals surface area contributed by atoms with Crippen molar-refractivity contribution in [2.45, 2.75) is 37.5 Å². The van der Waals surface area contributed by atoms with Crippen LogP contribution in [0.4, 0.5) is 10.1 Å². The van der Waals surface area contributed by atoms with E-state index in [2.05, 4.69) is 21.9 Å². The molecule has 1 fully saturated rings. The first kappa shape index (κ1) is 23.2. The molecule has 0 unspecified atom stereocenters. The molecule has 0 radical (unpaired) electrons. The van der Waals surface area contributed by atoms with Crippen molar-refractivity contribution in [1.82, 2.24) is 10.2 Å². The highest BCUT2D eigenvalue weighted by molar-refractivity contribution is 7.92. The first-order valence-electron chi connectivity index (χ1n) is 10.7. The Morgan fingerprint density at radius 3 is 2.52 bits per heavy atom. The van der Waals surface area contributed by atoms with Crippen LogP contribution < -0.4 is 10.0 Å². The standard InChI is InChI=1S/C23H30FN3O3S/c1-18-11-15-27(16-12-18)14-3-2-13-25-23(28)19-5-4-6-22(17-19)31(29,30)26-21-9-7-20(24)8-10-21/h4-10,17-18,26H,2-3,11-16H2,1H3,(H,25,28). The van der Waals surface area contributed by atoms with E-state index in [0.29, 0.717) is 6.54 Å². The maximum Gasteiger partial charge on any atom is 0.261 e. The number of halogens is 1. The van der Waals surface area contributed by atoms with E-state index in [1.165, 1.54) is 55.3 Å². The molecular formula is C23H30FN3O3S. The number of benzene rings is 2. The van der Waals surface area contributed by atoms with E-state index in [4.69, 9.17) is 0 Å². The van der Waals surface area contributed by atoms with Crippen molar-refractivity contribution in [1.29, 1.82) is 0 Å². The zero-order valence-corrected chi connectivity index (χ0v) is 18.6. The Labute approximate surface area is 183 Å². The van der Waals surface area contributed by atoms with Crippen LogP contribution >= 0.6 is 0 Å². The second-order valence-corrected chi connectivity index (χ2v) is 9.81. The molecule has 2 aromatic rings. The summed E-state index contributed by atoms with van der Waals surface area (Å²) in [5, 5.41) is 2.86. The quantitative estimate of drug-likeness (QED) is 0.572. The van der Waals surface area contributed by atoms with Gasteiger partial charge in [0, 0.05) is 17.8 Å². The van der Waals surface area contributed by atoms with Gasteiger partial charge in [-0.05, 0) is 93.7 Å². The fraction of sp³-hybridized carbons (Fsp3) is 0.435. The highest BCUT2D eigenvalue weighted by atomic mass is 32.2. The monoisotopic (exact) mass is 447 g/mol. The lowest BCUT2D eigenvalue weighted by Gasteiger charge is -2.30. The van der Waals surface area contributed by atoms with E-state index < -0.39 is 15.8 Å². The average Bonchev–Trinajstić information content (AvgIpc) is 2.76. The van der Waals surface area contributed by atoms with Crippen LogP contribution in [0, 0.1) is 11.7 Å². The van der Waals surface area contributed by atoms with Gasteiger partial charge in [0.25, 0.3) is 15.9 Å². The third kappa shape index (κ3) is 7.04. The summed E-state index contributed by atoms with van der Waals surface area (Å²) in [5.74, 6) is 0.0683. The molecule has 8 heteroatoms. The normalized spacial score (nSPS) is 15.5. The maximum atomic E-state index is 13.0. The molecule has 1 amide bonds. The van der Waals surface area contributed by atoms with Gasteiger partial charge in [-0.1, -0.05) is 13.0 Å². The minimum absolute atomic E-state index is 0.0243. The van der Waals surface area contributed by atoms with Crippen molar-refractivity contribution in [3.05, 3.63) is 59.9 Å². The van der Waals surface area contributed by atoms with Crippen molar-refractivity contribution in [3.63, 3.8) is 0 Å². The molecule has 3 rings (SSSR count). The van der Waals surface area contributed by atoms with Crippen molar-refractivity contribution in [3.8, 4) is 0 Å². The molecule has 1 aliphatic heterocycles. The summed E-state index contributed by atoms with van der Waals surface area (Å²) in [6.07, 6.45) is 4.41. The Balaban J connectivity index is 1.48. The third-order valence-electron chi connectivity index (χ3n) is 5.57. The summed E-state index contributed by atoms with van der Waals surface area (Å²) < 4.78 is 40.6. The van der Waals surface area contributed by atoms with Crippen LogP contribution in [0.25, 0.3) is 0 Å². The van der Waals surface area contributed by atoms with E-state index >= 15 is 0 Å². The molecular weight excluding hydrogens is 417 g/mol. The van der Waals surface area contributed by atoms with E-state index in [-0.39, 0.29) is 22.1 Å². The Kier molecular flexibility index (Phi) is 8.03. The number of hydrogen-bond acceptors (Lipinski definition) is 4. The van der Waals surface area contributed by atoms with Crippen LogP contribution in [-0.4, -0.2) is 45.4 Å². The van der Waals surface area contributed by atoms with Gasteiger partial charge >= 0.3 is 0 Å². The number of carbonyl (C=O) groups is 1. The summed E-state index contributed by atoms with van der Waals surface area (Å²) >= 11 is 0. The van der Waals surface area contributed by atoms with Crippen molar-refractivity contribution >= 4 is 21.6 Å². The Hall–Kier alpha value is -2.45. The fourth-order valence-electron chi connectivity index (χ4n) is 3.59. The van der Waals surface area contributed by atoms with Crippen LogP contribution in [-0.2, 0) is 10.0 Å². The number of anilines is 1. The lowest BCUT2D eigenvalue weighted by Crippen LogP contribution is -2.34. The second-order valence-electron chi connectivity index (χ2n) is 8.13. The number of nitrogens with zero attached hydrogens (tertiary/aromatic N) is 1. The number of piperidine rings is 1. The number of rotatable bonds is 9. The average molecular weight is 448 g/mol. The lowest BCUT2D eigenvalue weighted by molar-refractivity contribution is 0.0952. The van der Waals surface area contributed by atoms with Crippen molar-refractivity contribution < 1.29 is 17.6 Å². The van der Waals surface area contributed by atoms with Crippen molar-refractivity contribution in [2.75, 3.05) is 30.9 Å². The fourth-order valence-corrected chi connectivity index (χ4v) is 4.69. The Bertz CT molecular complexity index is 972. The highest BCUT2D eigenvalue weighted by Gasteiger charge is 2.17. The van der Waals surface area contributed by atoms with Crippen LogP contribution in [0.5, 0.6) is 0 Å². The number of sulfonamides is 1. The zero-order chi connectivity index (χ0) is 22.3. The molecule has 2 aromatic carbocycles. The van der Waals surface area contributed by atoms with Gasteiger partial charge in [0.1, 0.15) is 5.82 Å². The number of amides is 1. The predicted octanol–water partition coefficient (Wildman–Crippen LogP) is 3.87. The summed E-state index contributed by atoms with van der Waals surface area (Å²) in [6, 6.07) is 10.9. The van der Waals surface area contributed by atoms with Gasteiger partial charge in [0.15, 0.2) is 0 Å². The molecule has 2 N–H and O–H groups in total. The Morgan fingerprint density at radius 1 is 1.10 bits per heavy atom. The number of hydrogen-bond donors (Lipinski definition) is 2. The zero-order valence-electron chi connectivity index (χ0n) is 17.8. The molecule has 0 saturated carbocycles. The third-order valence-corrected chi connectivity index (χ3v) is 6.94. The first-order chi connectivity index (χ1) is 14.8. The highest BCUT2D eigenvalue weighted by Crippen LogP contribution is 2.18. The summed E-state index contributed by atoms with van der Waals surface area (Å²) in [4.78, 5) is 14.9. The summed E-state index contributed by atoms with van der Waals surface area (Å²) in [5.41, 5.74) is 0.534. The predicted molar refractivity (Wildman–Crippen MR) is 120 cm³/mol. The van der Waals surface area contributed by atoms with E-state index in [1.54, 1.807) is 6.07 Å². The van der Waals surface area contributed by atoms with Gasteiger partial charge in [-0.3, -0.25) is 9.52 Å². The largest absolute Gasteiger partial charge is 0.352 e. The van der Waals surface area contributed by atoms with Gasteiger partial charge in [0.2, 0.25) is 0 Å². The van der Waals surface area contributed by atoms with Crippen molar-refractivity contribution in [2.24, 2.45) is 5.92 Å². The minimum atomic E-state index is -3.89. The van der Waals surface area contributed by atoms with Crippen LogP contribution in [0.3, 0.4) is 0 Å².